The van der Waals surface area contributed by atoms with Crippen LogP contribution in [-0.4, -0.2) is 98.7 Å². The Morgan fingerprint density at radius 3 is 2.76 bits per heavy atom. The quantitative estimate of drug-likeness (QED) is 0.327. The molecule has 0 radical (unpaired) electrons. The molecule has 6 aliphatic heterocycles. The Balaban J connectivity index is 1.30. The minimum atomic E-state index is -1.52. The summed E-state index contributed by atoms with van der Waals surface area (Å²) in [5.74, 6) is -0.176. The number of benzene rings is 1. The predicted octanol–water partition coefficient (Wildman–Crippen LogP) is 0.137. The van der Waals surface area contributed by atoms with Gasteiger partial charge in [0.05, 0.1) is 29.5 Å². The molecule has 1 aromatic carbocycles. The van der Waals surface area contributed by atoms with Gasteiger partial charge in [-0.1, -0.05) is 24.3 Å². The molecule has 6 heterocycles. The SMILES string of the molecule is C/C=C1\[C@H]2C[C@H]3C4=Nc5ccccc5C45C[C@@H](C2C5OC(C)=O)N3[C@@H]1O[C@@H]1O[C@H](CO)[C@@H](O)[C@H](O)[C@H]1O. The van der Waals surface area contributed by atoms with Gasteiger partial charge in [0.25, 0.3) is 0 Å². The smallest absolute Gasteiger partial charge is 0.302 e. The van der Waals surface area contributed by atoms with Crippen LogP contribution in [0, 0.1) is 11.8 Å². The van der Waals surface area contributed by atoms with Gasteiger partial charge in [-0.05, 0) is 42.9 Å². The molecule has 5 bridgehead atoms. The first kappa shape index (κ1) is 23.9. The summed E-state index contributed by atoms with van der Waals surface area (Å²) in [7, 11) is 0. The number of aliphatic hydroxyl groups is 4. The number of para-hydroxylation sites is 1. The molecule has 1 aliphatic carbocycles. The van der Waals surface area contributed by atoms with E-state index in [0.29, 0.717) is 0 Å². The number of piperidine rings is 4. The summed E-state index contributed by atoms with van der Waals surface area (Å²) >= 11 is 0. The van der Waals surface area contributed by atoms with Gasteiger partial charge in [0.1, 0.15) is 36.7 Å². The van der Waals surface area contributed by atoms with E-state index in [2.05, 4.69) is 11.0 Å². The molecule has 7 aliphatic rings. The molecule has 4 unspecified atom stereocenters. The van der Waals surface area contributed by atoms with Crippen LogP contribution in [-0.2, 0) is 24.4 Å². The van der Waals surface area contributed by atoms with Crippen LogP contribution in [0.5, 0.6) is 0 Å². The number of nitrogens with zero attached hydrogens (tertiary/aromatic N) is 2. The average Bonchev–Trinajstić information content (AvgIpc) is 3.36. The van der Waals surface area contributed by atoms with Crippen molar-refractivity contribution in [2.24, 2.45) is 16.8 Å². The van der Waals surface area contributed by atoms with Crippen molar-refractivity contribution in [3.63, 3.8) is 0 Å². The largest absolute Gasteiger partial charge is 0.461 e. The molecule has 8 rings (SSSR count). The maximum Gasteiger partial charge on any atom is 0.302 e. The fraction of sp³-hybridized carbons (Fsp3) is 0.630. The van der Waals surface area contributed by atoms with Crippen molar-refractivity contribution in [2.75, 3.05) is 6.61 Å². The van der Waals surface area contributed by atoms with Crippen molar-refractivity contribution in [2.45, 2.75) is 87.2 Å². The van der Waals surface area contributed by atoms with Crippen molar-refractivity contribution in [3.8, 4) is 0 Å². The first-order valence-electron chi connectivity index (χ1n) is 13.1. The van der Waals surface area contributed by atoms with Crippen LogP contribution in [0.3, 0.4) is 0 Å². The first-order valence-corrected chi connectivity index (χ1v) is 13.1. The molecule has 37 heavy (non-hydrogen) atoms. The van der Waals surface area contributed by atoms with Crippen molar-refractivity contribution in [1.29, 1.82) is 0 Å². The molecule has 5 saturated heterocycles. The van der Waals surface area contributed by atoms with E-state index in [-0.39, 0.29) is 36.0 Å². The maximum absolute atomic E-state index is 12.4. The summed E-state index contributed by atoms with van der Waals surface area (Å²) in [6.07, 6.45) is -4.07. The number of aliphatic hydroxyl groups excluding tert-OH is 4. The van der Waals surface area contributed by atoms with Gasteiger partial charge in [-0.3, -0.25) is 14.7 Å². The number of esters is 1. The second kappa shape index (κ2) is 8.16. The number of carbonyl (C=O) groups excluding carboxylic acids is 1. The van der Waals surface area contributed by atoms with E-state index in [0.717, 1.165) is 35.4 Å². The summed E-state index contributed by atoms with van der Waals surface area (Å²) in [6.45, 7) is 2.89. The molecule has 1 spiro atoms. The zero-order chi connectivity index (χ0) is 25.8. The summed E-state index contributed by atoms with van der Waals surface area (Å²) in [6, 6.07) is 8.10. The normalized spacial score (nSPS) is 49.7. The lowest BCUT2D eigenvalue weighted by atomic mass is 9.66. The van der Waals surface area contributed by atoms with Crippen LogP contribution in [0.25, 0.3) is 0 Å². The van der Waals surface area contributed by atoms with Crippen LogP contribution < -0.4 is 0 Å². The Bertz CT molecular complexity index is 1200. The highest BCUT2D eigenvalue weighted by Crippen LogP contribution is 2.67. The van der Waals surface area contributed by atoms with Gasteiger partial charge in [0.15, 0.2) is 6.29 Å². The predicted molar refractivity (Wildman–Crippen MR) is 129 cm³/mol. The molecule has 10 heteroatoms. The molecule has 198 valence electrons. The fourth-order valence-electron chi connectivity index (χ4n) is 8.32. The van der Waals surface area contributed by atoms with E-state index in [1.165, 1.54) is 6.92 Å². The molecule has 0 amide bonds. The number of hydrogen-bond donors (Lipinski definition) is 4. The molecule has 1 saturated carbocycles. The number of allylic oxidation sites excluding steroid dienone is 1. The van der Waals surface area contributed by atoms with Crippen LogP contribution in [0.4, 0.5) is 5.69 Å². The Morgan fingerprint density at radius 2 is 2.03 bits per heavy atom. The monoisotopic (exact) mass is 512 g/mol. The highest BCUT2D eigenvalue weighted by atomic mass is 16.7. The Hall–Kier alpha value is -2.18. The molecular formula is C27H32N2O8. The highest BCUT2D eigenvalue weighted by Gasteiger charge is 2.75. The maximum atomic E-state index is 12.4. The van der Waals surface area contributed by atoms with Crippen molar-refractivity contribution >= 4 is 17.4 Å². The zero-order valence-electron chi connectivity index (χ0n) is 20.7. The minimum absolute atomic E-state index is 0.0495. The molecule has 6 fully saturated rings. The van der Waals surface area contributed by atoms with E-state index in [4.69, 9.17) is 19.2 Å². The van der Waals surface area contributed by atoms with Gasteiger partial charge in [0.2, 0.25) is 0 Å². The Kier molecular flexibility index (Phi) is 5.27. The summed E-state index contributed by atoms with van der Waals surface area (Å²) in [4.78, 5) is 19.8. The number of aliphatic imine (C=N–C) groups is 1. The lowest BCUT2D eigenvalue weighted by Gasteiger charge is -2.59. The van der Waals surface area contributed by atoms with Crippen molar-refractivity contribution in [3.05, 3.63) is 41.5 Å². The van der Waals surface area contributed by atoms with E-state index in [1.807, 2.05) is 31.2 Å². The second-order valence-electron chi connectivity index (χ2n) is 11.1. The third-order valence-corrected chi connectivity index (χ3v) is 9.62. The number of hydrogen-bond acceptors (Lipinski definition) is 10. The van der Waals surface area contributed by atoms with E-state index in [9.17, 15) is 25.2 Å². The zero-order valence-corrected chi connectivity index (χ0v) is 20.7. The number of rotatable bonds is 4. The molecule has 10 nitrogen and oxygen atoms in total. The van der Waals surface area contributed by atoms with Gasteiger partial charge in [-0.15, -0.1) is 0 Å². The number of fused-ring (bicyclic) bond motifs is 2. The van der Waals surface area contributed by atoms with Gasteiger partial charge in [-0.25, -0.2) is 0 Å². The number of carbonyl (C=O) groups is 1. The topological polar surface area (TPSA) is 141 Å². The van der Waals surface area contributed by atoms with Gasteiger partial charge < -0.3 is 34.6 Å². The standard InChI is InChI=1S/C27H32N2O8/c1-3-12-13-8-16-23-27(14-6-4-5-7-15(14)28-23)9-17(19(13)24(27)35-11(2)31)29(16)25(12)37-26-22(34)21(33)20(32)18(10-30)36-26/h3-7,13,16-22,24-26,30,32-34H,8-10H2,1-2H3/b12-3+/t13-,16+,17+,18-,19?,20-,21+,22-,24?,25-,26+,27?/m1/s1. The summed E-state index contributed by atoms with van der Waals surface area (Å²) < 4.78 is 18.3. The average molecular weight is 513 g/mol. The second-order valence-corrected chi connectivity index (χ2v) is 11.1. The number of ether oxygens (including phenoxy) is 3. The minimum Gasteiger partial charge on any atom is -0.461 e. The lowest BCUT2D eigenvalue weighted by Crippen LogP contribution is -2.70. The summed E-state index contributed by atoms with van der Waals surface area (Å²) in [5, 5.41) is 40.9. The van der Waals surface area contributed by atoms with Crippen molar-refractivity contribution in [1.82, 2.24) is 4.90 Å². The molecule has 1 aromatic rings. The van der Waals surface area contributed by atoms with Crippen LogP contribution in [0.1, 0.15) is 32.3 Å². The molecule has 13 atom stereocenters. The van der Waals surface area contributed by atoms with E-state index in [1.54, 1.807) is 0 Å². The van der Waals surface area contributed by atoms with Crippen LogP contribution in [0.2, 0.25) is 0 Å². The van der Waals surface area contributed by atoms with Crippen LogP contribution in [0.15, 0.2) is 40.9 Å². The highest BCUT2D eigenvalue weighted by molar-refractivity contribution is 6.08. The van der Waals surface area contributed by atoms with E-state index < -0.39 is 49.0 Å². The Morgan fingerprint density at radius 1 is 1.24 bits per heavy atom. The first-order chi connectivity index (χ1) is 17.8. The molecule has 0 aromatic heterocycles. The fourth-order valence-corrected chi connectivity index (χ4v) is 8.32. The molecular weight excluding hydrogens is 480 g/mol. The van der Waals surface area contributed by atoms with E-state index >= 15 is 0 Å². The molecule has 4 N–H and O–H groups in total. The Labute approximate surface area is 214 Å². The van der Waals surface area contributed by atoms with Gasteiger partial charge >= 0.3 is 5.97 Å². The lowest BCUT2D eigenvalue weighted by molar-refractivity contribution is -0.328. The summed E-state index contributed by atoms with van der Waals surface area (Å²) in [5.41, 5.74) is 3.57. The van der Waals surface area contributed by atoms with Gasteiger partial charge in [0, 0.05) is 18.9 Å². The van der Waals surface area contributed by atoms with Gasteiger partial charge in [-0.2, -0.15) is 0 Å². The third-order valence-electron chi connectivity index (χ3n) is 9.62. The van der Waals surface area contributed by atoms with Crippen molar-refractivity contribution < 1.29 is 39.4 Å². The third kappa shape index (κ3) is 2.95. The van der Waals surface area contributed by atoms with Crippen LogP contribution >= 0.6 is 0 Å².